The van der Waals surface area contributed by atoms with Crippen LogP contribution < -0.4 is 9.47 Å². The first-order valence-corrected chi connectivity index (χ1v) is 11.0. The molecule has 0 radical (unpaired) electrons. The zero-order valence-electron chi connectivity index (χ0n) is 17.7. The summed E-state index contributed by atoms with van der Waals surface area (Å²) in [6, 6.07) is 4.17. The Hall–Kier alpha value is -1.40. The third-order valence-corrected chi connectivity index (χ3v) is 6.00. The number of ether oxygens (including phenoxy) is 2. The van der Waals surface area contributed by atoms with Gasteiger partial charge in [0.05, 0.1) is 32.7 Å². The number of benzene rings is 1. The Morgan fingerprint density at radius 2 is 1.76 bits per heavy atom. The fraction of sp³-hybridized carbons (Fsp3) is 0.739. The predicted molar refractivity (Wildman–Crippen MR) is 110 cm³/mol. The van der Waals surface area contributed by atoms with E-state index in [0.717, 1.165) is 32.4 Å². The lowest BCUT2D eigenvalue weighted by atomic mass is 9.79. The summed E-state index contributed by atoms with van der Waals surface area (Å²) in [6.07, 6.45) is 3.03. The number of alkyl halides is 2. The Morgan fingerprint density at radius 1 is 1.10 bits per heavy atom. The number of aliphatic hydroxyl groups excluding tert-OH is 1. The minimum Gasteiger partial charge on any atom is -0.490 e. The van der Waals surface area contributed by atoms with Crippen LogP contribution in [0.4, 0.5) is 8.78 Å². The molecule has 3 unspecified atom stereocenters. The van der Waals surface area contributed by atoms with Gasteiger partial charge in [0.1, 0.15) is 0 Å². The van der Waals surface area contributed by atoms with Gasteiger partial charge in [-0.05, 0) is 54.4 Å². The van der Waals surface area contributed by atoms with Crippen LogP contribution in [-0.4, -0.2) is 55.8 Å². The first kappa shape index (κ1) is 22.3. The number of fused-ring (bicyclic) bond motifs is 3. The summed E-state index contributed by atoms with van der Waals surface area (Å²) in [4.78, 5) is 2.48. The van der Waals surface area contributed by atoms with Gasteiger partial charge in [0, 0.05) is 32.0 Å². The molecule has 29 heavy (non-hydrogen) atoms. The van der Waals surface area contributed by atoms with Crippen molar-refractivity contribution in [3.05, 3.63) is 23.3 Å². The number of aliphatic hydroxyl groups is 1. The lowest BCUT2D eigenvalue weighted by Crippen LogP contribution is -2.48. The molecule has 4 nitrogen and oxygen atoms in total. The summed E-state index contributed by atoms with van der Waals surface area (Å²) in [5.74, 6) is 2.09. The van der Waals surface area contributed by atoms with Gasteiger partial charge in [0.15, 0.2) is 11.5 Å². The molecule has 2 heterocycles. The van der Waals surface area contributed by atoms with Crippen LogP contribution >= 0.6 is 0 Å². The Labute approximate surface area is 173 Å². The van der Waals surface area contributed by atoms with E-state index in [9.17, 15) is 13.9 Å². The molecule has 2 aliphatic heterocycles. The van der Waals surface area contributed by atoms with E-state index >= 15 is 0 Å². The molecule has 0 aromatic heterocycles. The summed E-state index contributed by atoms with van der Waals surface area (Å²) in [6.45, 7) is 6.01. The van der Waals surface area contributed by atoms with Crippen molar-refractivity contribution in [3.8, 4) is 11.5 Å². The number of hydrogen-bond acceptors (Lipinski definition) is 4. The molecule has 1 N–H and O–H groups in total. The average molecular weight is 412 g/mol. The van der Waals surface area contributed by atoms with Crippen LogP contribution in [0.3, 0.4) is 0 Å². The lowest BCUT2D eigenvalue weighted by molar-refractivity contribution is -0.0192. The van der Waals surface area contributed by atoms with Gasteiger partial charge in [-0.3, -0.25) is 13.7 Å². The van der Waals surface area contributed by atoms with Crippen molar-refractivity contribution in [2.75, 3.05) is 39.7 Å². The molecule has 164 valence electrons. The van der Waals surface area contributed by atoms with Crippen LogP contribution in [-0.2, 0) is 6.42 Å². The molecule has 3 atom stereocenters. The lowest BCUT2D eigenvalue weighted by Gasteiger charge is -2.46. The zero-order valence-corrected chi connectivity index (χ0v) is 17.7. The number of nitrogens with zero attached hydrogens (tertiary/aromatic N) is 1. The zero-order chi connectivity index (χ0) is 20.8. The van der Waals surface area contributed by atoms with Gasteiger partial charge in [-0.2, -0.15) is 0 Å². The molecule has 0 aliphatic carbocycles. The van der Waals surface area contributed by atoms with Crippen molar-refractivity contribution < 1.29 is 23.4 Å². The van der Waals surface area contributed by atoms with Gasteiger partial charge in [-0.25, -0.2) is 0 Å². The van der Waals surface area contributed by atoms with Crippen molar-refractivity contribution in [2.45, 2.75) is 58.1 Å². The molecule has 1 aromatic rings. The van der Waals surface area contributed by atoms with Crippen molar-refractivity contribution >= 4 is 0 Å². The topological polar surface area (TPSA) is 41.9 Å². The van der Waals surface area contributed by atoms with Crippen LogP contribution in [0.5, 0.6) is 11.5 Å². The first-order valence-electron chi connectivity index (χ1n) is 11.0. The van der Waals surface area contributed by atoms with E-state index < -0.39 is 13.3 Å². The summed E-state index contributed by atoms with van der Waals surface area (Å²) >= 11 is 0. The van der Waals surface area contributed by atoms with E-state index in [1.807, 2.05) is 12.1 Å². The molecule has 3 rings (SSSR count). The quantitative estimate of drug-likeness (QED) is 0.576. The Morgan fingerprint density at radius 3 is 2.38 bits per heavy atom. The Kier molecular flexibility index (Phi) is 8.13. The van der Waals surface area contributed by atoms with E-state index in [-0.39, 0.29) is 18.8 Å². The molecule has 1 aromatic carbocycles. The molecule has 1 fully saturated rings. The van der Waals surface area contributed by atoms with Crippen LogP contribution in [0, 0.1) is 11.8 Å². The van der Waals surface area contributed by atoms with Crippen LogP contribution in [0.25, 0.3) is 0 Å². The van der Waals surface area contributed by atoms with Crippen molar-refractivity contribution in [1.29, 1.82) is 0 Å². The van der Waals surface area contributed by atoms with Crippen molar-refractivity contribution in [1.82, 2.24) is 4.90 Å². The van der Waals surface area contributed by atoms with E-state index in [1.165, 1.54) is 11.1 Å². The van der Waals surface area contributed by atoms with Gasteiger partial charge in [-0.1, -0.05) is 13.8 Å². The SMILES string of the molecule is CC(C)CC1CN2CCc3cc(OCCCF)c(OCCCF)cc3C2CC1O. The third kappa shape index (κ3) is 5.60. The van der Waals surface area contributed by atoms with E-state index in [1.54, 1.807) is 0 Å². The standard InChI is InChI=1S/C23H35F2NO3/c1-16(2)11-18-15-26-8-5-17-12-22(28-9-3-6-24)23(29-10-4-7-25)13-19(17)20(26)14-21(18)27/h12-13,16,18,20-21,27H,3-11,14-15H2,1-2H3. The molecule has 6 heteroatoms. The second-order valence-electron chi connectivity index (χ2n) is 8.73. The van der Waals surface area contributed by atoms with Crippen LogP contribution in [0.1, 0.15) is 56.7 Å². The normalized spacial score (nSPS) is 24.3. The second-order valence-corrected chi connectivity index (χ2v) is 8.73. The van der Waals surface area contributed by atoms with E-state index in [0.29, 0.717) is 42.8 Å². The molecular weight excluding hydrogens is 376 g/mol. The highest BCUT2D eigenvalue weighted by atomic mass is 19.1. The molecule has 0 amide bonds. The van der Waals surface area contributed by atoms with Gasteiger partial charge in [0.25, 0.3) is 0 Å². The predicted octanol–water partition coefficient (Wildman–Crippen LogP) is 4.49. The Balaban J connectivity index is 1.81. The monoisotopic (exact) mass is 411 g/mol. The van der Waals surface area contributed by atoms with Crippen LogP contribution in [0.2, 0.25) is 0 Å². The maximum atomic E-state index is 12.5. The summed E-state index contributed by atoms with van der Waals surface area (Å²) in [5, 5.41) is 10.8. The van der Waals surface area contributed by atoms with Gasteiger partial charge in [-0.15, -0.1) is 0 Å². The molecule has 0 spiro atoms. The maximum Gasteiger partial charge on any atom is 0.161 e. The van der Waals surface area contributed by atoms with Crippen molar-refractivity contribution in [3.63, 3.8) is 0 Å². The average Bonchev–Trinajstić information content (AvgIpc) is 2.69. The Bertz CT molecular complexity index is 655. The number of rotatable bonds is 10. The second kappa shape index (κ2) is 10.6. The summed E-state index contributed by atoms with van der Waals surface area (Å²) in [7, 11) is 0. The molecule has 2 aliphatic rings. The summed E-state index contributed by atoms with van der Waals surface area (Å²) in [5.41, 5.74) is 2.38. The van der Waals surface area contributed by atoms with Gasteiger partial charge in [0.2, 0.25) is 0 Å². The fourth-order valence-electron chi connectivity index (χ4n) is 4.64. The highest BCUT2D eigenvalue weighted by Crippen LogP contribution is 2.43. The molecule has 1 saturated heterocycles. The van der Waals surface area contributed by atoms with Gasteiger partial charge < -0.3 is 14.6 Å². The van der Waals surface area contributed by atoms with Crippen LogP contribution in [0.15, 0.2) is 12.1 Å². The highest BCUT2D eigenvalue weighted by molar-refractivity contribution is 5.49. The largest absolute Gasteiger partial charge is 0.490 e. The van der Waals surface area contributed by atoms with Crippen molar-refractivity contribution in [2.24, 2.45) is 11.8 Å². The minimum atomic E-state index is -0.428. The highest BCUT2D eigenvalue weighted by Gasteiger charge is 2.38. The van der Waals surface area contributed by atoms with E-state index in [2.05, 4.69) is 18.7 Å². The molecular formula is C23H35F2NO3. The van der Waals surface area contributed by atoms with E-state index in [4.69, 9.17) is 9.47 Å². The van der Waals surface area contributed by atoms with Gasteiger partial charge >= 0.3 is 0 Å². The first-order chi connectivity index (χ1) is 14.0. The number of halogens is 2. The molecule has 0 bridgehead atoms. The minimum absolute atomic E-state index is 0.167. The summed E-state index contributed by atoms with van der Waals surface area (Å²) < 4.78 is 36.6. The maximum absolute atomic E-state index is 12.5. The fourth-order valence-corrected chi connectivity index (χ4v) is 4.64. The smallest absolute Gasteiger partial charge is 0.161 e. The third-order valence-electron chi connectivity index (χ3n) is 6.00. The number of hydrogen-bond donors (Lipinski definition) is 1. The molecule has 0 saturated carbocycles. The number of piperidine rings is 1.